The summed E-state index contributed by atoms with van der Waals surface area (Å²) in [6.07, 6.45) is -4.34. The fourth-order valence-corrected chi connectivity index (χ4v) is 6.81. The number of phenolic OH excluding ortho intramolecular Hbond substituents is 1. The highest BCUT2D eigenvalue weighted by molar-refractivity contribution is 5.99. The summed E-state index contributed by atoms with van der Waals surface area (Å²) < 4.78 is 39.4. The highest BCUT2D eigenvalue weighted by Gasteiger charge is 2.49. The van der Waals surface area contributed by atoms with Gasteiger partial charge in [0.25, 0.3) is 0 Å². The first kappa shape index (κ1) is 27.5. The zero-order chi connectivity index (χ0) is 29.1. The number of likely N-dealkylation sites (tertiary alicyclic amines) is 1. The van der Waals surface area contributed by atoms with Crippen LogP contribution >= 0.6 is 0 Å². The highest BCUT2D eigenvalue weighted by atomic mass is 19.4. The first-order valence-corrected chi connectivity index (χ1v) is 13.9. The fraction of sp³-hybridized carbons (Fsp3) is 0.419. The molecule has 216 valence electrons. The molecule has 0 bridgehead atoms. The Labute approximate surface area is 236 Å². The van der Waals surface area contributed by atoms with Crippen LogP contribution in [0.4, 0.5) is 19.0 Å². The number of aliphatic hydroxyl groups excluding tert-OH is 1. The van der Waals surface area contributed by atoms with Gasteiger partial charge in [0.05, 0.1) is 5.69 Å². The second kappa shape index (κ2) is 10.0. The van der Waals surface area contributed by atoms with E-state index < -0.39 is 18.8 Å². The van der Waals surface area contributed by atoms with Crippen LogP contribution in [0.5, 0.6) is 5.75 Å². The summed E-state index contributed by atoms with van der Waals surface area (Å²) in [7, 11) is 0. The molecule has 6 rings (SSSR count). The van der Waals surface area contributed by atoms with Crippen LogP contribution in [0.1, 0.15) is 23.2 Å². The normalized spacial score (nSPS) is 19.3. The van der Waals surface area contributed by atoms with E-state index in [0.717, 1.165) is 64.0 Å². The van der Waals surface area contributed by atoms with Crippen LogP contribution in [0.2, 0.25) is 0 Å². The van der Waals surface area contributed by atoms with Crippen LogP contribution in [0.15, 0.2) is 49.1 Å². The molecule has 1 amide bonds. The number of pyridine rings is 1. The minimum atomic E-state index is -4.68. The Hall–Kier alpha value is -3.63. The number of aliphatic hydroxyl groups is 1. The summed E-state index contributed by atoms with van der Waals surface area (Å²) in [6, 6.07) is 11.2. The van der Waals surface area contributed by atoms with Crippen molar-refractivity contribution in [3.63, 3.8) is 0 Å². The van der Waals surface area contributed by atoms with E-state index in [0.29, 0.717) is 26.1 Å². The van der Waals surface area contributed by atoms with E-state index in [1.165, 1.54) is 6.08 Å². The van der Waals surface area contributed by atoms with Crippen LogP contribution in [0, 0.1) is 12.3 Å². The largest absolute Gasteiger partial charge is 0.508 e. The van der Waals surface area contributed by atoms with Gasteiger partial charge in [-0.25, -0.2) is 4.98 Å². The van der Waals surface area contributed by atoms with E-state index in [1.54, 1.807) is 21.9 Å². The monoisotopic (exact) mass is 566 g/mol. The summed E-state index contributed by atoms with van der Waals surface area (Å²) in [5.74, 6) is 0.912. The number of anilines is 1. The fourth-order valence-electron chi connectivity index (χ4n) is 6.81. The lowest BCUT2D eigenvalue weighted by Crippen LogP contribution is -2.59. The third-order valence-electron chi connectivity index (χ3n) is 8.87. The number of hydrogen-bond acceptors (Lipinski definition) is 6. The number of hydrogen-bond donors (Lipinski definition) is 2. The van der Waals surface area contributed by atoms with E-state index in [1.807, 2.05) is 24.3 Å². The zero-order valence-electron chi connectivity index (χ0n) is 22.9. The second-order valence-electron chi connectivity index (χ2n) is 11.7. The molecule has 1 aromatic heterocycles. The molecular weight excluding hydrogens is 533 g/mol. The molecule has 2 N–H and O–H groups in total. The van der Waals surface area contributed by atoms with Gasteiger partial charge in [0.1, 0.15) is 11.6 Å². The quantitative estimate of drug-likeness (QED) is 0.445. The Balaban J connectivity index is 1.41. The number of amides is 1. The lowest BCUT2D eigenvalue weighted by molar-refractivity contribution is -0.208. The van der Waals surface area contributed by atoms with Crippen molar-refractivity contribution in [2.75, 3.05) is 44.2 Å². The van der Waals surface area contributed by atoms with Crippen LogP contribution in [0.25, 0.3) is 21.9 Å². The molecule has 1 spiro atoms. The summed E-state index contributed by atoms with van der Waals surface area (Å²) in [5, 5.41) is 21.7. The van der Waals surface area contributed by atoms with Gasteiger partial charge in [0, 0.05) is 51.2 Å². The van der Waals surface area contributed by atoms with Crippen LogP contribution in [-0.2, 0) is 17.8 Å². The van der Waals surface area contributed by atoms with Gasteiger partial charge in [-0.1, -0.05) is 30.8 Å². The number of alkyl halides is 3. The molecule has 0 radical (unpaired) electrons. The van der Waals surface area contributed by atoms with Crippen molar-refractivity contribution in [1.82, 2.24) is 14.8 Å². The van der Waals surface area contributed by atoms with Gasteiger partial charge in [-0.05, 0) is 71.0 Å². The number of nitrogens with zero attached hydrogens (tertiary/aromatic N) is 4. The van der Waals surface area contributed by atoms with Gasteiger partial charge in [0.15, 0.2) is 6.10 Å². The summed E-state index contributed by atoms with van der Waals surface area (Å²) >= 11 is 0. The number of aromatic hydroxyl groups is 1. The van der Waals surface area contributed by atoms with Gasteiger partial charge < -0.3 is 20.0 Å². The van der Waals surface area contributed by atoms with E-state index in [4.69, 9.17) is 4.98 Å². The number of halogens is 3. The van der Waals surface area contributed by atoms with E-state index in [9.17, 15) is 28.2 Å². The van der Waals surface area contributed by atoms with Gasteiger partial charge in [-0.2, -0.15) is 13.2 Å². The molecule has 1 atom stereocenters. The second-order valence-corrected chi connectivity index (χ2v) is 11.7. The van der Waals surface area contributed by atoms with Crippen molar-refractivity contribution >= 4 is 22.5 Å². The Morgan fingerprint density at radius 2 is 1.98 bits per heavy atom. The topological polar surface area (TPSA) is 80.1 Å². The Morgan fingerprint density at radius 3 is 2.71 bits per heavy atom. The average molecular weight is 567 g/mol. The van der Waals surface area contributed by atoms with Crippen molar-refractivity contribution in [3.05, 3.63) is 65.9 Å². The van der Waals surface area contributed by atoms with Crippen molar-refractivity contribution < 1.29 is 28.2 Å². The first-order valence-electron chi connectivity index (χ1n) is 13.9. The van der Waals surface area contributed by atoms with Crippen LogP contribution < -0.4 is 4.90 Å². The van der Waals surface area contributed by atoms with E-state index >= 15 is 0 Å². The smallest absolute Gasteiger partial charge is 0.415 e. The number of β-amino-alcohol motifs (C(OH)–C–C–N with tert-alkyl or cyclic N) is 1. The molecule has 2 fully saturated rings. The van der Waals surface area contributed by atoms with Crippen molar-refractivity contribution in [1.29, 1.82) is 0 Å². The Morgan fingerprint density at radius 1 is 1.20 bits per heavy atom. The molecule has 41 heavy (non-hydrogen) atoms. The van der Waals surface area contributed by atoms with Crippen LogP contribution in [0.3, 0.4) is 0 Å². The number of carbonyl (C=O) groups excluding carboxylic acids is 1. The van der Waals surface area contributed by atoms with Crippen LogP contribution in [-0.4, -0.2) is 82.5 Å². The maximum atomic E-state index is 13.1. The third kappa shape index (κ3) is 4.93. The number of benzene rings is 2. The maximum Gasteiger partial charge on any atom is 0.415 e. The molecule has 7 nitrogen and oxygen atoms in total. The number of rotatable bonds is 5. The van der Waals surface area contributed by atoms with Gasteiger partial charge in [-0.3, -0.25) is 9.69 Å². The number of aromatic nitrogens is 1. The lowest BCUT2D eigenvalue weighted by atomic mass is 9.79. The molecule has 0 aliphatic carbocycles. The average Bonchev–Trinajstić information content (AvgIpc) is 3.36. The molecule has 4 heterocycles. The molecule has 10 heteroatoms. The molecule has 0 unspecified atom stereocenters. The summed E-state index contributed by atoms with van der Waals surface area (Å²) in [4.78, 5) is 22.8. The molecular formula is C31H33F3N4O3. The summed E-state index contributed by atoms with van der Waals surface area (Å²) in [6.45, 7) is 8.55. The molecule has 2 saturated heterocycles. The standard InChI is InChI=1S/C31H33F3N4O3/c1-3-27(41)38-17-30(18-38)10-12-37(16-30)29-19(2)28(23-6-4-5-20-13-21(39)7-8-22(20)23)24-9-11-36(14-25(24)35-29)15-26(40)31(32,33)34/h3-8,13,26,39-40H,1,9-12,14-18H2,2H3/t26-/m1/s1. The molecule has 3 aliphatic heterocycles. The Kier molecular flexibility index (Phi) is 6.73. The predicted octanol–water partition coefficient (Wildman–Crippen LogP) is 4.42. The molecule has 3 aliphatic rings. The first-order chi connectivity index (χ1) is 19.5. The molecule has 0 saturated carbocycles. The van der Waals surface area contributed by atoms with Gasteiger partial charge in [0.2, 0.25) is 5.91 Å². The highest BCUT2D eigenvalue weighted by Crippen LogP contribution is 2.45. The number of fused-ring (bicyclic) bond motifs is 2. The molecule has 2 aromatic carbocycles. The predicted molar refractivity (Wildman–Crippen MR) is 151 cm³/mol. The van der Waals surface area contributed by atoms with Crippen molar-refractivity contribution in [2.45, 2.75) is 38.6 Å². The van der Waals surface area contributed by atoms with Crippen molar-refractivity contribution in [2.24, 2.45) is 5.41 Å². The van der Waals surface area contributed by atoms with Gasteiger partial charge in [-0.15, -0.1) is 0 Å². The van der Waals surface area contributed by atoms with Gasteiger partial charge >= 0.3 is 6.18 Å². The summed E-state index contributed by atoms with van der Waals surface area (Å²) in [5.41, 5.74) is 4.73. The molecule has 3 aromatic rings. The minimum Gasteiger partial charge on any atom is -0.508 e. The minimum absolute atomic E-state index is 0.0112. The number of carbonyl (C=O) groups is 1. The van der Waals surface area contributed by atoms with E-state index in [2.05, 4.69) is 18.4 Å². The third-order valence-corrected chi connectivity index (χ3v) is 8.87. The lowest BCUT2D eigenvalue weighted by Gasteiger charge is -2.47. The Bertz CT molecular complexity index is 1530. The maximum absolute atomic E-state index is 13.1. The SMILES string of the molecule is C=CC(=O)N1CC2(CCN(c3nc4c(c(-c5cccc6cc(O)ccc56)c3C)CCN(C[C@@H](O)C(F)(F)F)C4)C2)C1. The number of phenols is 1. The zero-order valence-corrected chi connectivity index (χ0v) is 22.9. The van der Waals surface area contributed by atoms with Crippen molar-refractivity contribution in [3.8, 4) is 16.9 Å². The van der Waals surface area contributed by atoms with E-state index in [-0.39, 0.29) is 23.6 Å².